The van der Waals surface area contributed by atoms with E-state index < -0.39 is 0 Å². The summed E-state index contributed by atoms with van der Waals surface area (Å²) in [6, 6.07) is 6.51. The molecule has 2 nitrogen and oxygen atoms in total. The molecule has 1 unspecified atom stereocenters. The lowest BCUT2D eigenvalue weighted by molar-refractivity contribution is 0.324. The van der Waals surface area contributed by atoms with Gasteiger partial charge >= 0.3 is 0 Å². The molecular weight excluding hydrogens is 230 g/mol. The second kappa shape index (κ2) is 3.68. The van der Waals surface area contributed by atoms with Gasteiger partial charge in [-0.05, 0) is 25.1 Å². The summed E-state index contributed by atoms with van der Waals surface area (Å²) in [5, 5.41) is 3.38. The minimum absolute atomic E-state index is 0.370. The third-order valence-corrected chi connectivity index (χ3v) is 2.74. The third kappa shape index (κ3) is 1.86. The van der Waals surface area contributed by atoms with Gasteiger partial charge in [-0.25, -0.2) is 0 Å². The first kappa shape index (κ1) is 9.03. The van der Waals surface area contributed by atoms with Gasteiger partial charge in [0.1, 0.15) is 12.4 Å². The first-order valence-corrected chi connectivity index (χ1v) is 5.22. The Balaban J connectivity index is 2.43. The monoisotopic (exact) mass is 241 g/mol. The van der Waals surface area contributed by atoms with Gasteiger partial charge in [0.2, 0.25) is 0 Å². The number of halogens is 1. The maximum absolute atomic E-state index is 5.59. The predicted octanol–water partition coefficient (Wildman–Crippen LogP) is 2.49. The van der Waals surface area contributed by atoms with Crippen LogP contribution in [0.3, 0.4) is 0 Å². The summed E-state index contributed by atoms with van der Waals surface area (Å²) in [6.07, 6.45) is 0. The van der Waals surface area contributed by atoms with Crippen molar-refractivity contribution < 1.29 is 4.74 Å². The van der Waals surface area contributed by atoms with Crippen molar-refractivity contribution in [3.8, 4) is 5.75 Å². The Morgan fingerprint density at radius 3 is 3.23 bits per heavy atom. The molecule has 70 valence electrons. The van der Waals surface area contributed by atoms with Crippen LogP contribution in [0, 0.1) is 0 Å². The Hall–Kier alpha value is -0.540. The van der Waals surface area contributed by atoms with E-state index in [0.717, 1.165) is 23.4 Å². The van der Waals surface area contributed by atoms with Crippen LogP contribution in [-0.4, -0.2) is 13.2 Å². The molecule has 2 rings (SSSR count). The smallest absolute Gasteiger partial charge is 0.124 e. The molecule has 1 aliphatic heterocycles. The molecule has 13 heavy (non-hydrogen) atoms. The molecule has 0 fully saturated rings. The lowest BCUT2D eigenvalue weighted by Crippen LogP contribution is -2.20. The molecule has 3 heteroatoms. The molecule has 0 bridgehead atoms. The third-order valence-electron chi connectivity index (χ3n) is 2.25. The topological polar surface area (TPSA) is 21.3 Å². The number of hydrogen-bond donors (Lipinski definition) is 1. The zero-order valence-electron chi connectivity index (χ0n) is 7.51. The quantitative estimate of drug-likeness (QED) is 0.754. The lowest BCUT2D eigenvalue weighted by Gasteiger charge is -2.12. The predicted molar refractivity (Wildman–Crippen MR) is 56.1 cm³/mol. The molecule has 1 aliphatic rings. The summed E-state index contributed by atoms with van der Waals surface area (Å²) in [5.74, 6) is 1.00. The Kier molecular flexibility index (Phi) is 2.56. The van der Waals surface area contributed by atoms with E-state index in [1.54, 1.807) is 0 Å². The number of nitrogens with one attached hydrogen (secondary N) is 1. The molecule has 0 amide bonds. The average Bonchev–Trinajstić information content (AvgIpc) is 2.29. The van der Waals surface area contributed by atoms with Crippen molar-refractivity contribution in [2.75, 3.05) is 13.2 Å². The van der Waals surface area contributed by atoms with Crippen molar-refractivity contribution in [1.29, 1.82) is 0 Å². The standard InChI is InChI=1S/C10H12BrNO/c1-7-9-6-8(11)2-3-10(9)13-5-4-12-7/h2-3,6-7,12H,4-5H2,1H3. The highest BCUT2D eigenvalue weighted by Crippen LogP contribution is 2.29. The number of rotatable bonds is 0. The molecule has 0 aromatic heterocycles. The van der Waals surface area contributed by atoms with Crippen LogP contribution in [0.15, 0.2) is 22.7 Å². The second-order valence-corrected chi connectivity index (χ2v) is 4.12. The van der Waals surface area contributed by atoms with Gasteiger partial charge in [0.05, 0.1) is 0 Å². The van der Waals surface area contributed by atoms with Crippen molar-refractivity contribution in [1.82, 2.24) is 5.32 Å². The highest BCUT2D eigenvalue weighted by atomic mass is 79.9. The maximum atomic E-state index is 5.59. The van der Waals surface area contributed by atoms with Gasteiger partial charge in [-0.2, -0.15) is 0 Å². The number of ether oxygens (including phenoxy) is 1. The van der Waals surface area contributed by atoms with Crippen LogP contribution in [0.4, 0.5) is 0 Å². The van der Waals surface area contributed by atoms with Gasteiger partial charge in [-0.1, -0.05) is 15.9 Å². The van der Waals surface area contributed by atoms with Crippen LogP contribution in [0.1, 0.15) is 18.5 Å². The lowest BCUT2D eigenvalue weighted by atomic mass is 10.1. The van der Waals surface area contributed by atoms with E-state index in [2.05, 4.69) is 34.2 Å². The summed E-state index contributed by atoms with van der Waals surface area (Å²) in [4.78, 5) is 0. The molecule has 0 saturated carbocycles. The van der Waals surface area contributed by atoms with Gasteiger partial charge in [0.25, 0.3) is 0 Å². The van der Waals surface area contributed by atoms with Crippen LogP contribution < -0.4 is 10.1 Å². The van der Waals surface area contributed by atoms with Crippen molar-refractivity contribution in [2.45, 2.75) is 13.0 Å². The van der Waals surface area contributed by atoms with Gasteiger partial charge in [-0.3, -0.25) is 0 Å². The highest BCUT2D eigenvalue weighted by Gasteiger charge is 2.14. The first-order valence-electron chi connectivity index (χ1n) is 4.43. The first-order chi connectivity index (χ1) is 6.27. The molecular formula is C10H12BrNO. The van der Waals surface area contributed by atoms with Crippen LogP contribution in [0.5, 0.6) is 5.75 Å². The van der Waals surface area contributed by atoms with Crippen LogP contribution in [-0.2, 0) is 0 Å². The average molecular weight is 242 g/mol. The fraction of sp³-hybridized carbons (Fsp3) is 0.400. The minimum atomic E-state index is 0.370. The second-order valence-electron chi connectivity index (χ2n) is 3.21. The van der Waals surface area contributed by atoms with Gasteiger partial charge in [0.15, 0.2) is 0 Å². The highest BCUT2D eigenvalue weighted by molar-refractivity contribution is 9.10. The zero-order valence-corrected chi connectivity index (χ0v) is 9.10. The van der Waals surface area contributed by atoms with Gasteiger partial charge < -0.3 is 10.1 Å². The normalized spacial score (nSPS) is 21.5. The van der Waals surface area contributed by atoms with Crippen LogP contribution in [0.25, 0.3) is 0 Å². The van der Waals surface area contributed by atoms with Crippen molar-refractivity contribution in [3.05, 3.63) is 28.2 Å². The fourth-order valence-corrected chi connectivity index (χ4v) is 1.91. The van der Waals surface area contributed by atoms with Gasteiger partial charge in [0, 0.05) is 22.6 Å². The molecule has 0 spiro atoms. The van der Waals surface area contributed by atoms with E-state index in [1.807, 2.05) is 12.1 Å². The van der Waals surface area contributed by atoms with E-state index in [4.69, 9.17) is 4.74 Å². The summed E-state index contributed by atoms with van der Waals surface area (Å²) < 4.78 is 6.69. The van der Waals surface area contributed by atoms with E-state index in [9.17, 15) is 0 Å². The number of fused-ring (bicyclic) bond motifs is 1. The molecule has 1 heterocycles. The van der Waals surface area contributed by atoms with E-state index in [1.165, 1.54) is 5.56 Å². The molecule has 1 aromatic carbocycles. The molecule has 1 atom stereocenters. The largest absolute Gasteiger partial charge is 0.492 e. The summed E-state index contributed by atoms with van der Waals surface area (Å²) in [6.45, 7) is 3.81. The molecule has 1 N–H and O–H groups in total. The maximum Gasteiger partial charge on any atom is 0.124 e. The van der Waals surface area contributed by atoms with Crippen LogP contribution in [0.2, 0.25) is 0 Å². The van der Waals surface area contributed by atoms with Crippen LogP contribution >= 0.6 is 15.9 Å². The van der Waals surface area contributed by atoms with Crippen molar-refractivity contribution in [2.24, 2.45) is 0 Å². The Bertz CT molecular complexity index is 314. The number of benzene rings is 1. The molecule has 0 radical (unpaired) electrons. The van der Waals surface area contributed by atoms with E-state index >= 15 is 0 Å². The van der Waals surface area contributed by atoms with Crippen molar-refractivity contribution >= 4 is 15.9 Å². The molecule has 0 saturated heterocycles. The zero-order chi connectivity index (χ0) is 9.26. The summed E-state index contributed by atoms with van der Waals surface area (Å²) >= 11 is 3.46. The SMILES string of the molecule is CC1NCCOc2ccc(Br)cc21. The van der Waals surface area contributed by atoms with E-state index in [-0.39, 0.29) is 0 Å². The minimum Gasteiger partial charge on any atom is -0.492 e. The molecule has 1 aromatic rings. The summed E-state index contributed by atoms with van der Waals surface area (Å²) in [5.41, 5.74) is 1.23. The Morgan fingerprint density at radius 2 is 2.38 bits per heavy atom. The number of hydrogen-bond acceptors (Lipinski definition) is 2. The van der Waals surface area contributed by atoms with Crippen molar-refractivity contribution in [3.63, 3.8) is 0 Å². The fourth-order valence-electron chi connectivity index (χ4n) is 1.54. The Labute approximate surface area is 86.4 Å². The molecule has 0 aliphatic carbocycles. The van der Waals surface area contributed by atoms with E-state index in [0.29, 0.717) is 6.04 Å². The van der Waals surface area contributed by atoms with Gasteiger partial charge in [-0.15, -0.1) is 0 Å². The Morgan fingerprint density at radius 1 is 1.54 bits per heavy atom. The summed E-state index contributed by atoms with van der Waals surface area (Å²) in [7, 11) is 0.